The second-order valence-electron chi connectivity index (χ2n) is 2.51. The molecule has 0 aliphatic rings. The smallest absolute Gasteiger partial charge is 0.251 e. The molecule has 72 valence electrons. The molecule has 0 aliphatic heterocycles. The molecule has 0 bridgehead atoms. The van der Waals surface area contributed by atoms with E-state index >= 15 is 0 Å². The third kappa shape index (κ3) is 2.55. The monoisotopic (exact) mass is 301 g/mol. The predicted octanol–water partition coefficient (Wildman–Crippen LogP) is 3.27. The predicted molar refractivity (Wildman–Crippen MR) is 51.3 cm³/mol. The van der Waals surface area contributed by atoms with E-state index in [2.05, 4.69) is 4.98 Å². The topological polar surface area (TPSA) is 12.9 Å². The highest BCUT2D eigenvalue weighted by atomic mass is 127. The van der Waals surface area contributed by atoms with Crippen molar-refractivity contribution < 1.29 is 13.2 Å². The van der Waals surface area contributed by atoms with Gasteiger partial charge in [0.25, 0.3) is 0 Å². The van der Waals surface area contributed by atoms with Gasteiger partial charge in [-0.25, -0.2) is 0 Å². The van der Waals surface area contributed by atoms with Crippen LogP contribution in [0.1, 0.15) is 18.2 Å². The van der Waals surface area contributed by atoms with E-state index in [9.17, 15) is 13.2 Å². The van der Waals surface area contributed by atoms with Gasteiger partial charge in [0, 0.05) is 9.77 Å². The lowest BCUT2D eigenvalue weighted by Gasteiger charge is -2.07. The lowest BCUT2D eigenvalue weighted by atomic mass is 10.2. The Bertz CT molecular complexity index is 309. The van der Waals surface area contributed by atoms with Crippen molar-refractivity contribution in [1.82, 2.24) is 4.98 Å². The maximum Gasteiger partial charge on any atom is 0.433 e. The Kier molecular flexibility index (Phi) is 3.15. The molecule has 0 saturated heterocycles. The summed E-state index contributed by atoms with van der Waals surface area (Å²) in [6, 6.07) is 1.07. The van der Waals surface area contributed by atoms with Gasteiger partial charge < -0.3 is 0 Å². The first-order valence-electron chi connectivity index (χ1n) is 3.66. The number of hydrogen-bond donors (Lipinski definition) is 0. The van der Waals surface area contributed by atoms with Crippen molar-refractivity contribution >= 4 is 22.6 Å². The molecule has 0 radical (unpaired) electrons. The SMILES string of the molecule is CCc1cnc(C(F)(F)F)cc1I. The molecule has 0 atom stereocenters. The van der Waals surface area contributed by atoms with Gasteiger partial charge in [-0.2, -0.15) is 13.2 Å². The average molecular weight is 301 g/mol. The lowest BCUT2D eigenvalue weighted by molar-refractivity contribution is -0.141. The summed E-state index contributed by atoms with van der Waals surface area (Å²) in [5.74, 6) is 0. The molecule has 5 heteroatoms. The third-order valence-electron chi connectivity index (χ3n) is 1.60. The summed E-state index contributed by atoms with van der Waals surface area (Å²) < 4.78 is 37.0. The Morgan fingerprint density at radius 3 is 2.46 bits per heavy atom. The van der Waals surface area contributed by atoms with E-state index in [4.69, 9.17) is 0 Å². The molecule has 0 unspecified atom stereocenters. The standard InChI is InChI=1S/C8H7F3IN/c1-2-5-4-13-7(3-6(5)12)8(9,10)11/h3-4H,2H2,1H3. The number of halogens is 4. The average Bonchev–Trinajstić information content (AvgIpc) is 2.02. The van der Waals surface area contributed by atoms with Gasteiger partial charge >= 0.3 is 6.18 Å². The first-order valence-corrected chi connectivity index (χ1v) is 4.74. The molecule has 0 aromatic carbocycles. The molecule has 0 N–H and O–H groups in total. The second-order valence-corrected chi connectivity index (χ2v) is 3.67. The van der Waals surface area contributed by atoms with Gasteiger partial charge in [-0.05, 0) is 40.6 Å². The molecule has 0 spiro atoms. The van der Waals surface area contributed by atoms with Crippen molar-refractivity contribution in [3.8, 4) is 0 Å². The largest absolute Gasteiger partial charge is 0.433 e. The zero-order valence-electron chi connectivity index (χ0n) is 6.82. The molecule has 1 rings (SSSR count). The van der Waals surface area contributed by atoms with Crippen molar-refractivity contribution in [3.05, 3.63) is 27.1 Å². The lowest BCUT2D eigenvalue weighted by Crippen LogP contribution is -2.08. The maximum atomic E-state index is 12.1. The molecule has 1 heterocycles. The summed E-state index contributed by atoms with van der Waals surface area (Å²) in [4.78, 5) is 3.35. The minimum Gasteiger partial charge on any atom is -0.251 e. The van der Waals surface area contributed by atoms with Crippen LogP contribution in [0.4, 0.5) is 13.2 Å². The second kappa shape index (κ2) is 3.81. The zero-order valence-corrected chi connectivity index (χ0v) is 8.98. The molecular formula is C8H7F3IN. The van der Waals surface area contributed by atoms with Gasteiger partial charge in [0.1, 0.15) is 5.69 Å². The molecule has 1 nitrogen and oxygen atoms in total. The number of rotatable bonds is 1. The first kappa shape index (κ1) is 10.7. The van der Waals surface area contributed by atoms with Crippen molar-refractivity contribution in [3.63, 3.8) is 0 Å². The zero-order chi connectivity index (χ0) is 10.1. The van der Waals surface area contributed by atoms with E-state index in [1.54, 1.807) is 0 Å². The number of nitrogens with zero attached hydrogens (tertiary/aromatic N) is 1. The summed E-state index contributed by atoms with van der Waals surface area (Å²) in [6.07, 6.45) is -2.36. The summed E-state index contributed by atoms with van der Waals surface area (Å²) >= 11 is 1.89. The van der Waals surface area contributed by atoms with Crippen LogP contribution in [-0.4, -0.2) is 4.98 Å². The van der Waals surface area contributed by atoms with Crippen molar-refractivity contribution in [2.45, 2.75) is 19.5 Å². The number of alkyl halides is 3. The van der Waals surface area contributed by atoms with Crippen LogP contribution in [0.15, 0.2) is 12.3 Å². The highest BCUT2D eigenvalue weighted by molar-refractivity contribution is 14.1. The minimum absolute atomic E-state index is 0.613. The molecule has 0 aliphatic carbocycles. The van der Waals surface area contributed by atoms with E-state index in [0.717, 1.165) is 11.6 Å². The molecule has 0 fully saturated rings. The summed E-state index contributed by atoms with van der Waals surface area (Å²) in [5, 5.41) is 0. The fourth-order valence-electron chi connectivity index (χ4n) is 0.874. The van der Waals surface area contributed by atoms with E-state index in [0.29, 0.717) is 9.99 Å². The van der Waals surface area contributed by atoms with Crippen molar-refractivity contribution in [2.75, 3.05) is 0 Å². The van der Waals surface area contributed by atoms with Crippen LogP contribution in [0.2, 0.25) is 0 Å². The van der Waals surface area contributed by atoms with Crippen LogP contribution in [0, 0.1) is 3.57 Å². The molecule has 1 aromatic rings. The van der Waals surface area contributed by atoms with Gasteiger partial charge in [-0.1, -0.05) is 6.92 Å². The van der Waals surface area contributed by atoms with Crippen molar-refractivity contribution in [1.29, 1.82) is 0 Å². The third-order valence-corrected chi connectivity index (χ3v) is 2.61. The number of pyridine rings is 1. The summed E-state index contributed by atoms with van der Waals surface area (Å²) in [5.41, 5.74) is 0.0164. The molecule has 1 aromatic heterocycles. The van der Waals surface area contributed by atoms with Crippen LogP contribution in [-0.2, 0) is 12.6 Å². The van der Waals surface area contributed by atoms with Crippen LogP contribution in [0.25, 0.3) is 0 Å². The number of hydrogen-bond acceptors (Lipinski definition) is 1. The maximum absolute atomic E-state index is 12.1. The van der Waals surface area contributed by atoms with Crippen LogP contribution >= 0.6 is 22.6 Å². The fourth-order valence-corrected chi connectivity index (χ4v) is 1.69. The van der Waals surface area contributed by atoms with E-state index < -0.39 is 11.9 Å². The van der Waals surface area contributed by atoms with Crippen LogP contribution in [0.5, 0.6) is 0 Å². The van der Waals surface area contributed by atoms with Crippen LogP contribution in [0.3, 0.4) is 0 Å². The molecule has 0 amide bonds. The number of aromatic nitrogens is 1. The van der Waals surface area contributed by atoms with E-state index in [1.807, 2.05) is 29.5 Å². The Morgan fingerprint density at radius 2 is 2.08 bits per heavy atom. The Labute approximate surface area is 87.5 Å². The first-order chi connectivity index (χ1) is 5.95. The van der Waals surface area contributed by atoms with Gasteiger partial charge in [0.2, 0.25) is 0 Å². The van der Waals surface area contributed by atoms with E-state index in [-0.39, 0.29) is 0 Å². The normalized spacial score (nSPS) is 11.8. The highest BCUT2D eigenvalue weighted by Crippen LogP contribution is 2.29. The van der Waals surface area contributed by atoms with Crippen LogP contribution < -0.4 is 0 Å². The van der Waals surface area contributed by atoms with Gasteiger partial charge in [-0.3, -0.25) is 4.98 Å². The van der Waals surface area contributed by atoms with Gasteiger partial charge in [0.15, 0.2) is 0 Å². The number of aryl methyl sites for hydroxylation is 1. The Hall–Kier alpha value is -0.330. The summed E-state index contributed by atoms with van der Waals surface area (Å²) in [6.45, 7) is 1.88. The Balaban J connectivity index is 3.10. The Morgan fingerprint density at radius 1 is 1.46 bits per heavy atom. The highest BCUT2D eigenvalue weighted by Gasteiger charge is 2.32. The van der Waals surface area contributed by atoms with E-state index in [1.165, 1.54) is 6.20 Å². The molecule has 13 heavy (non-hydrogen) atoms. The fraction of sp³-hybridized carbons (Fsp3) is 0.375. The molecular weight excluding hydrogens is 294 g/mol. The minimum atomic E-state index is -4.34. The van der Waals surface area contributed by atoms with Gasteiger partial charge in [-0.15, -0.1) is 0 Å². The quantitative estimate of drug-likeness (QED) is 0.726. The van der Waals surface area contributed by atoms with Crippen molar-refractivity contribution in [2.24, 2.45) is 0 Å². The molecule has 0 saturated carbocycles. The van der Waals surface area contributed by atoms with Gasteiger partial charge in [0.05, 0.1) is 0 Å². The summed E-state index contributed by atoms with van der Waals surface area (Å²) in [7, 11) is 0.